The van der Waals surface area contributed by atoms with Crippen molar-refractivity contribution in [3.63, 3.8) is 0 Å². The molecule has 108 valence electrons. The van der Waals surface area contributed by atoms with Gasteiger partial charge in [-0.05, 0) is 64.5 Å². The van der Waals surface area contributed by atoms with E-state index in [0.29, 0.717) is 6.04 Å². The van der Waals surface area contributed by atoms with Crippen LogP contribution in [0.4, 0.5) is 0 Å². The zero-order chi connectivity index (χ0) is 13.5. The average molecular weight is 254 g/mol. The fourth-order valence-electron chi connectivity index (χ4n) is 3.38. The van der Waals surface area contributed by atoms with Crippen molar-refractivity contribution in [2.24, 2.45) is 11.8 Å². The molecule has 3 atom stereocenters. The summed E-state index contributed by atoms with van der Waals surface area (Å²) >= 11 is 0. The highest BCUT2D eigenvalue weighted by Gasteiger charge is 2.29. The van der Waals surface area contributed by atoms with E-state index in [-0.39, 0.29) is 0 Å². The lowest BCUT2D eigenvalue weighted by atomic mass is 9.78. The third kappa shape index (κ3) is 4.89. The zero-order valence-corrected chi connectivity index (χ0v) is 13.2. The Balaban J connectivity index is 2.57. The topological polar surface area (TPSA) is 15.3 Å². The number of nitrogens with one attached hydrogen (secondary N) is 1. The van der Waals surface area contributed by atoms with E-state index in [2.05, 4.69) is 44.8 Å². The Morgan fingerprint density at radius 3 is 2.50 bits per heavy atom. The summed E-state index contributed by atoms with van der Waals surface area (Å²) in [7, 11) is 0. The van der Waals surface area contributed by atoms with E-state index >= 15 is 0 Å². The molecule has 18 heavy (non-hydrogen) atoms. The molecule has 0 heterocycles. The molecule has 1 N–H and O–H groups in total. The van der Waals surface area contributed by atoms with Gasteiger partial charge in [0, 0.05) is 18.6 Å². The van der Waals surface area contributed by atoms with E-state index in [1.165, 1.54) is 38.8 Å². The van der Waals surface area contributed by atoms with Crippen LogP contribution in [0.3, 0.4) is 0 Å². The van der Waals surface area contributed by atoms with Crippen LogP contribution in [-0.4, -0.2) is 36.6 Å². The minimum atomic E-state index is 0.685. The molecule has 0 aromatic heterocycles. The van der Waals surface area contributed by atoms with E-state index < -0.39 is 0 Å². The van der Waals surface area contributed by atoms with Gasteiger partial charge in [-0.2, -0.15) is 0 Å². The van der Waals surface area contributed by atoms with Gasteiger partial charge in [-0.15, -0.1) is 0 Å². The molecule has 0 radical (unpaired) electrons. The largest absolute Gasteiger partial charge is 0.314 e. The second kappa shape index (κ2) is 8.16. The van der Waals surface area contributed by atoms with Crippen LogP contribution in [0.15, 0.2) is 0 Å². The fourth-order valence-corrected chi connectivity index (χ4v) is 3.38. The Bertz CT molecular complexity index is 211. The van der Waals surface area contributed by atoms with Gasteiger partial charge in [-0.3, -0.25) is 0 Å². The molecule has 0 aliphatic heterocycles. The van der Waals surface area contributed by atoms with Crippen LogP contribution in [0.5, 0.6) is 0 Å². The maximum absolute atomic E-state index is 3.71. The molecule has 2 nitrogen and oxygen atoms in total. The van der Waals surface area contributed by atoms with Crippen molar-refractivity contribution in [3.05, 3.63) is 0 Å². The van der Waals surface area contributed by atoms with Gasteiger partial charge in [0.25, 0.3) is 0 Å². The molecule has 0 aromatic rings. The van der Waals surface area contributed by atoms with Crippen molar-refractivity contribution in [2.75, 3.05) is 19.6 Å². The van der Waals surface area contributed by atoms with Gasteiger partial charge in [0.1, 0.15) is 0 Å². The van der Waals surface area contributed by atoms with E-state index in [1.54, 1.807) is 0 Å². The average Bonchev–Trinajstić information content (AvgIpc) is 2.32. The van der Waals surface area contributed by atoms with Crippen LogP contribution in [-0.2, 0) is 0 Å². The summed E-state index contributed by atoms with van der Waals surface area (Å²) < 4.78 is 0. The van der Waals surface area contributed by atoms with E-state index in [0.717, 1.165) is 24.4 Å². The molecule has 0 spiro atoms. The van der Waals surface area contributed by atoms with Gasteiger partial charge < -0.3 is 10.2 Å². The van der Waals surface area contributed by atoms with Crippen LogP contribution < -0.4 is 5.32 Å². The molecule has 1 aliphatic carbocycles. The van der Waals surface area contributed by atoms with Crippen LogP contribution in [0, 0.1) is 11.8 Å². The Kier molecular flexibility index (Phi) is 7.25. The minimum Gasteiger partial charge on any atom is -0.314 e. The number of hydrogen-bond donors (Lipinski definition) is 1. The van der Waals surface area contributed by atoms with Crippen LogP contribution in [0.2, 0.25) is 0 Å². The van der Waals surface area contributed by atoms with Gasteiger partial charge in [0.05, 0.1) is 0 Å². The van der Waals surface area contributed by atoms with Gasteiger partial charge in [0.15, 0.2) is 0 Å². The van der Waals surface area contributed by atoms with Crippen LogP contribution in [0.1, 0.15) is 60.3 Å². The van der Waals surface area contributed by atoms with E-state index in [9.17, 15) is 0 Å². The highest BCUT2D eigenvalue weighted by Crippen LogP contribution is 2.30. The third-order valence-electron chi connectivity index (χ3n) is 4.42. The standard InChI is InChI=1S/C16H34N2/c1-6-10-18(13(3)4)12-15-11-14(5)8-9-16(15)17-7-2/h13-17H,6-12H2,1-5H3. The number of nitrogens with zero attached hydrogens (tertiary/aromatic N) is 1. The summed E-state index contributed by atoms with van der Waals surface area (Å²) in [5, 5.41) is 3.71. The summed E-state index contributed by atoms with van der Waals surface area (Å²) in [6.07, 6.45) is 5.46. The number of rotatable bonds is 7. The predicted molar refractivity (Wildman–Crippen MR) is 81.0 cm³/mol. The first-order valence-electron chi connectivity index (χ1n) is 8.05. The smallest absolute Gasteiger partial charge is 0.0108 e. The summed E-state index contributed by atoms with van der Waals surface area (Å²) in [6, 6.07) is 1.44. The van der Waals surface area contributed by atoms with E-state index in [4.69, 9.17) is 0 Å². The van der Waals surface area contributed by atoms with E-state index in [1.807, 2.05) is 0 Å². The first-order valence-corrected chi connectivity index (χ1v) is 8.05. The molecule has 1 aliphatic rings. The molecular weight excluding hydrogens is 220 g/mol. The normalized spacial score (nSPS) is 29.2. The molecule has 3 unspecified atom stereocenters. The first kappa shape index (κ1) is 16.0. The van der Waals surface area contributed by atoms with Crippen molar-refractivity contribution in [3.8, 4) is 0 Å². The zero-order valence-electron chi connectivity index (χ0n) is 13.2. The Labute approximate surface area is 115 Å². The Hall–Kier alpha value is -0.0800. The summed E-state index contributed by atoms with van der Waals surface area (Å²) in [6.45, 7) is 15.3. The van der Waals surface area contributed by atoms with Crippen LogP contribution in [0.25, 0.3) is 0 Å². The summed E-state index contributed by atoms with van der Waals surface area (Å²) in [4.78, 5) is 2.67. The lowest BCUT2D eigenvalue weighted by molar-refractivity contribution is 0.124. The van der Waals surface area contributed by atoms with Crippen LogP contribution >= 0.6 is 0 Å². The van der Waals surface area contributed by atoms with Crippen molar-refractivity contribution >= 4 is 0 Å². The SMILES string of the molecule is CCCN(CC1CC(C)CCC1NCC)C(C)C. The third-order valence-corrected chi connectivity index (χ3v) is 4.42. The first-order chi connectivity index (χ1) is 8.58. The van der Waals surface area contributed by atoms with Gasteiger partial charge >= 0.3 is 0 Å². The second-order valence-electron chi connectivity index (χ2n) is 6.43. The maximum Gasteiger partial charge on any atom is 0.0108 e. The van der Waals surface area contributed by atoms with Crippen molar-refractivity contribution in [2.45, 2.75) is 72.4 Å². The maximum atomic E-state index is 3.71. The lowest BCUT2D eigenvalue weighted by Gasteiger charge is -2.39. The highest BCUT2D eigenvalue weighted by atomic mass is 15.1. The Morgan fingerprint density at radius 1 is 1.22 bits per heavy atom. The Morgan fingerprint density at radius 2 is 1.94 bits per heavy atom. The second-order valence-corrected chi connectivity index (χ2v) is 6.43. The molecule has 1 rings (SSSR count). The summed E-state index contributed by atoms with van der Waals surface area (Å²) in [5.41, 5.74) is 0. The van der Waals surface area contributed by atoms with Gasteiger partial charge in [-0.1, -0.05) is 20.8 Å². The van der Waals surface area contributed by atoms with Gasteiger partial charge in [-0.25, -0.2) is 0 Å². The molecule has 0 amide bonds. The highest BCUT2D eigenvalue weighted by molar-refractivity contribution is 4.85. The van der Waals surface area contributed by atoms with Crippen molar-refractivity contribution < 1.29 is 0 Å². The quantitative estimate of drug-likeness (QED) is 0.748. The molecule has 1 fully saturated rings. The lowest BCUT2D eigenvalue weighted by Crippen LogP contribution is -2.47. The fraction of sp³-hybridized carbons (Fsp3) is 1.00. The summed E-state index contributed by atoms with van der Waals surface area (Å²) in [5.74, 6) is 1.77. The number of hydrogen-bond acceptors (Lipinski definition) is 2. The van der Waals surface area contributed by atoms with Crippen molar-refractivity contribution in [1.82, 2.24) is 10.2 Å². The van der Waals surface area contributed by atoms with Crippen molar-refractivity contribution in [1.29, 1.82) is 0 Å². The molecule has 0 saturated heterocycles. The molecule has 1 saturated carbocycles. The molecule has 0 aromatic carbocycles. The predicted octanol–water partition coefficient (Wildman–Crippen LogP) is 3.52. The molecule has 2 heteroatoms. The van der Waals surface area contributed by atoms with Gasteiger partial charge in [0.2, 0.25) is 0 Å². The molecular formula is C16H34N2. The minimum absolute atomic E-state index is 0.685. The monoisotopic (exact) mass is 254 g/mol. The molecule has 0 bridgehead atoms.